The van der Waals surface area contributed by atoms with Crippen LogP contribution < -0.4 is 0 Å². The van der Waals surface area contributed by atoms with E-state index in [0.717, 1.165) is 21.8 Å². The number of rotatable bonds is 6. The van der Waals surface area contributed by atoms with Gasteiger partial charge in [-0.1, -0.05) is 0 Å². The molecule has 4 heteroatoms. The zero-order chi connectivity index (χ0) is 13.0. The van der Waals surface area contributed by atoms with E-state index in [1.165, 1.54) is 25.3 Å². The molecule has 0 heterocycles. The molecule has 1 aliphatic carbocycles. The van der Waals surface area contributed by atoms with Crippen molar-refractivity contribution in [2.45, 2.75) is 42.1 Å². The second kappa shape index (κ2) is 6.90. The summed E-state index contributed by atoms with van der Waals surface area (Å²) in [6.07, 6.45) is 3.41. The Kier molecular flexibility index (Phi) is 5.49. The molecule has 1 fully saturated rings. The van der Waals surface area contributed by atoms with Crippen molar-refractivity contribution < 1.29 is 32.9 Å². The van der Waals surface area contributed by atoms with E-state index in [4.69, 9.17) is 13.0 Å². The van der Waals surface area contributed by atoms with Gasteiger partial charge in [-0.25, -0.2) is 0 Å². The molecule has 1 aromatic rings. The van der Waals surface area contributed by atoms with Crippen molar-refractivity contribution in [1.29, 1.82) is 0 Å². The van der Waals surface area contributed by atoms with E-state index < -0.39 is 23.3 Å². The number of halogens is 1. The normalized spacial score (nSPS) is 15.9. The van der Waals surface area contributed by atoms with Crippen LogP contribution in [0.2, 0.25) is 3.93 Å². The molecule has 1 aliphatic rings. The molecular formula is C14H17ClHgO2. The van der Waals surface area contributed by atoms with Gasteiger partial charge in [0.2, 0.25) is 0 Å². The van der Waals surface area contributed by atoms with Gasteiger partial charge in [-0.2, -0.15) is 0 Å². The zero-order valence-corrected chi connectivity index (χ0v) is 16.9. The first-order chi connectivity index (χ1) is 8.70. The molecule has 0 bridgehead atoms. The van der Waals surface area contributed by atoms with E-state index in [1.54, 1.807) is 0 Å². The first kappa shape index (κ1) is 14.3. The van der Waals surface area contributed by atoms with Crippen molar-refractivity contribution in [1.82, 2.24) is 0 Å². The molecule has 1 aromatic carbocycles. The molecule has 0 amide bonds. The second-order valence-electron chi connectivity index (χ2n) is 4.87. The Labute approximate surface area is 124 Å². The molecule has 1 saturated carbocycles. The maximum absolute atomic E-state index is 11.1. The van der Waals surface area contributed by atoms with E-state index in [-0.39, 0.29) is 12.1 Å². The summed E-state index contributed by atoms with van der Waals surface area (Å²) >= 11 is -1.15. The molecule has 18 heavy (non-hydrogen) atoms. The molecule has 2 nitrogen and oxygen atoms in total. The van der Waals surface area contributed by atoms with Gasteiger partial charge in [-0.15, -0.1) is 0 Å². The predicted molar refractivity (Wildman–Crippen MR) is 68.2 cm³/mol. The fourth-order valence-electron chi connectivity index (χ4n) is 2.16. The summed E-state index contributed by atoms with van der Waals surface area (Å²) in [5.74, 6) is 0.559. The minimum atomic E-state index is -1.15. The summed E-state index contributed by atoms with van der Waals surface area (Å²) in [7, 11) is 5.93. The Morgan fingerprint density at radius 2 is 2.11 bits per heavy atom. The van der Waals surface area contributed by atoms with E-state index in [1.807, 2.05) is 0 Å². The standard InChI is InChI=1S/C14H17O2.ClH.Hg/c1-3-14(16-10(2)15)13-8-6-12(7-9-13)11-4-5-11;;/h6-9,11,14H,1,3-5H2,2H3;1H;/q;;+1/p-1. The first-order valence-corrected chi connectivity index (χ1v) is 17.2. The number of carbonyl (C=O) groups is 1. The fourth-order valence-corrected chi connectivity index (χ4v) is 5.55. The summed E-state index contributed by atoms with van der Waals surface area (Å²) in [6.45, 7) is 1.47. The molecule has 94 valence electrons. The Balaban J connectivity index is 2.05. The average Bonchev–Trinajstić information content (AvgIpc) is 3.18. The van der Waals surface area contributed by atoms with Crippen molar-refractivity contribution >= 4 is 14.2 Å². The zero-order valence-electron chi connectivity index (χ0n) is 10.7. The predicted octanol–water partition coefficient (Wildman–Crippen LogP) is 4.21. The van der Waals surface area contributed by atoms with Crippen molar-refractivity contribution in [3.8, 4) is 0 Å². The fraction of sp³-hybridized carbons (Fsp3) is 0.500. The van der Waals surface area contributed by atoms with E-state index in [0.29, 0.717) is 0 Å². The molecule has 0 spiro atoms. The van der Waals surface area contributed by atoms with Gasteiger partial charge in [0.1, 0.15) is 0 Å². The summed E-state index contributed by atoms with van der Waals surface area (Å²) in [5.41, 5.74) is 2.52. The van der Waals surface area contributed by atoms with Crippen molar-refractivity contribution in [2.24, 2.45) is 0 Å². The van der Waals surface area contributed by atoms with Crippen LogP contribution in [-0.4, -0.2) is 5.97 Å². The second-order valence-corrected chi connectivity index (χ2v) is 12.4. The molecule has 0 aromatic heterocycles. The Morgan fingerprint density at radius 3 is 2.61 bits per heavy atom. The summed E-state index contributed by atoms with van der Waals surface area (Å²) in [5, 5.41) is 0. The Hall–Kier alpha value is -0.0849. The molecule has 0 radical (unpaired) electrons. The first-order valence-electron chi connectivity index (χ1n) is 6.53. The Bertz CT molecular complexity index is 401. The third-order valence-electron chi connectivity index (χ3n) is 3.27. The number of hydrogen-bond acceptors (Lipinski definition) is 2. The van der Waals surface area contributed by atoms with Gasteiger partial charge in [-0.05, 0) is 0 Å². The van der Waals surface area contributed by atoms with Crippen LogP contribution in [0, 0.1) is 0 Å². The van der Waals surface area contributed by atoms with Crippen LogP contribution in [0.1, 0.15) is 49.3 Å². The van der Waals surface area contributed by atoms with Crippen molar-refractivity contribution in [2.75, 3.05) is 0 Å². The summed E-state index contributed by atoms with van der Waals surface area (Å²) in [4.78, 5) is 11.1. The van der Waals surface area contributed by atoms with Gasteiger partial charge < -0.3 is 0 Å². The van der Waals surface area contributed by atoms with Gasteiger partial charge in [0.15, 0.2) is 0 Å². The van der Waals surface area contributed by atoms with Crippen LogP contribution in [0.25, 0.3) is 0 Å². The molecule has 1 atom stereocenters. The number of ether oxygens (including phenoxy) is 1. The Morgan fingerprint density at radius 1 is 1.44 bits per heavy atom. The number of esters is 1. The SMILES string of the molecule is CC(=O)OC(C[CH2][Hg][Cl])c1ccc(C2CC2)cc1. The average molecular weight is 453 g/mol. The van der Waals surface area contributed by atoms with Crippen molar-refractivity contribution in [3.63, 3.8) is 0 Å². The van der Waals surface area contributed by atoms with E-state index in [9.17, 15) is 4.79 Å². The monoisotopic (exact) mass is 454 g/mol. The number of carbonyl (C=O) groups excluding carboxylic acids is 1. The number of benzene rings is 1. The van der Waals surface area contributed by atoms with Crippen LogP contribution in [0.3, 0.4) is 0 Å². The molecule has 0 N–H and O–H groups in total. The van der Waals surface area contributed by atoms with Gasteiger partial charge >= 0.3 is 125 Å². The topological polar surface area (TPSA) is 26.3 Å². The third kappa shape index (κ3) is 4.23. The molecule has 0 aliphatic heterocycles. The summed E-state index contributed by atoms with van der Waals surface area (Å²) < 4.78 is 6.47. The van der Waals surface area contributed by atoms with Gasteiger partial charge in [0.25, 0.3) is 0 Å². The van der Waals surface area contributed by atoms with Gasteiger partial charge in [0.05, 0.1) is 0 Å². The maximum atomic E-state index is 11.1. The van der Waals surface area contributed by atoms with Gasteiger partial charge in [0, 0.05) is 0 Å². The molecule has 1 unspecified atom stereocenters. The van der Waals surface area contributed by atoms with Crippen LogP contribution in [-0.2, 0) is 32.9 Å². The van der Waals surface area contributed by atoms with Crippen LogP contribution >= 0.6 is 8.25 Å². The quantitative estimate of drug-likeness (QED) is 0.477. The van der Waals surface area contributed by atoms with Crippen LogP contribution in [0.15, 0.2) is 24.3 Å². The molecular weight excluding hydrogens is 436 g/mol. The van der Waals surface area contributed by atoms with Crippen molar-refractivity contribution in [3.05, 3.63) is 35.4 Å². The third-order valence-corrected chi connectivity index (χ3v) is 8.24. The van der Waals surface area contributed by atoms with E-state index >= 15 is 0 Å². The van der Waals surface area contributed by atoms with E-state index in [2.05, 4.69) is 24.3 Å². The molecule has 2 rings (SSSR count). The molecule has 0 saturated heterocycles. The van der Waals surface area contributed by atoms with Gasteiger partial charge in [-0.3, -0.25) is 0 Å². The summed E-state index contributed by atoms with van der Waals surface area (Å²) in [6, 6.07) is 8.56. The number of hydrogen-bond donors (Lipinski definition) is 0. The van der Waals surface area contributed by atoms with Crippen LogP contribution in [0.5, 0.6) is 0 Å². The van der Waals surface area contributed by atoms with Crippen LogP contribution in [0.4, 0.5) is 0 Å². The minimum absolute atomic E-state index is 0.102.